The molecule has 0 spiro atoms. The van der Waals surface area contributed by atoms with E-state index in [4.69, 9.17) is 14.2 Å². The van der Waals surface area contributed by atoms with Gasteiger partial charge in [-0.15, -0.1) is 0 Å². The largest absolute Gasteiger partial charge is 0.450 e. The van der Waals surface area contributed by atoms with Gasteiger partial charge in [-0.25, -0.2) is 18.6 Å². The molecule has 14 heteroatoms. The van der Waals surface area contributed by atoms with Gasteiger partial charge in [0.2, 0.25) is 0 Å². The Morgan fingerprint density at radius 2 is 1.80 bits per heavy atom. The zero-order valence-corrected chi connectivity index (χ0v) is 24.6. The number of aromatic nitrogens is 2. The van der Waals surface area contributed by atoms with Crippen LogP contribution >= 0.6 is 0 Å². The van der Waals surface area contributed by atoms with Gasteiger partial charge in [0.15, 0.2) is 17.4 Å². The van der Waals surface area contributed by atoms with Crippen LogP contribution in [0.15, 0.2) is 30.6 Å². The molecule has 3 rings (SSSR count). The second-order valence-corrected chi connectivity index (χ2v) is 16.5. The third-order valence-electron chi connectivity index (χ3n) is 5.78. The van der Waals surface area contributed by atoms with Crippen molar-refractivity contribution in [3.8, 4) is 11.5 Å². The molecule has 226 valence electrons. The SMILES string of the molecule is CC(C)OCCCNC(=O)Nc1cc(F)c(Oc2ccnc3c2c(C(F)(F)F)cn3COCC[Si](C)(C)C)c(F)c1. The van der Waals surface area contributed by atoms with E-state index in [0.29, 0.717) is 19.6 Å². The fourth-order valence-corrected chi connectivity index (χ4v) is 4.49. The minimum absolute atomic E-state index is 0.0531. The maximum absolute atomic E-state index is 14.9. The molecule has 0 unspecified atom stereocenters. The number of pyridine rings is 1. The number of rotatable bonds is 13. The van der Waals surface area contributed by atoms with Crippen molar-refractivity contribution in [1.82, 2.24) is 14.9 Å². The summed E-state index contributed by atoms with van der Waals surface area (Å²) in [5, 5.41) is 4.38. The van der Waals surface area contributed by atoms with Gasteiger partial charge >= 0.3 is 12.2 Å². The van der Waals surface area contributed by atoms with Crippen molar-refractivity contribution in [1.29, 1.82) is 0 Å². The lowest BCUT2D eigenvalue weighted by Gasteiger charge is -2.15. The number of benzene rings is 1. The molecule has 41 heavy (non-hydrogen) atoms. The molecule has 2 amide bonds. The van der Waals surface area contributed by atoms with Crippen molar-refractivity contribution in [3.05, 3.63) is 47.8 Å². The van der Waals surface area contributed by atoms with E-state index >= 15 is 0 Å². The Bertz CT molecular complexity index is 1320. The van der Waals surface area contributed by atoms with Crippen LogP contribution in [0.25, 0.3) is 11.0 Å². The molecular weight excluding hydrogens is 567 g/mol. The molecule has 0 radical (unpaired) electrons. The summed E-state index contributed by atoms with van der Waals surface area (Å²) in [6.07, 6.45) is -2.20. The van der Waals surface area contributed by atoms with Crippen LogP contribution in [0.3, 0.4) is 0 Å². The summed E-state index contributed by atoms with van der Waals surface area (Å²) >= 11 is 0. The number of hydrogen-bond acceptors (Lipinski definition) is 5. The summed E-state index contributed by atoms with van der Waals surface area (Å²) in [7, 11) is -1.42. The molecule has 1 aromatic carbocycles. The quantitative estimate of drug-likeness (QED) is 0.121. The topological polar surface area (TPSA) is 86.6 Å². The fourth-order valence-electron chi connectivity index (χ4n) is 3.73. The molecule has 0 saturated carbocycles. The van der Waals surface area contributed by atoms with Crippen LogP contribution in [-0.4, -0.2) is 49.5 Å². The Morgan fingerprint density at radius 1 is 1.12 bits per heavy atom. The average Bonchev–Trinajstić information content (AvgIpc) is 3.23. The first-order valence-corrected chi connectivity index (χ1v) is 16.8. The van der Waals surface area contributed by atoms with Crippen LogP contribution < -0.4 is 15.4 Å². The standard InChI is InChI=1S/C27H35F5N4O4Si/c1-17(2)39-10-6-8-34-26(37)35-18-13-20(28)24(21(29)14-18)40-22-7-9-33-25-23(22)19(27(30,31)32)15-36(25)16-38-11-12-41(3,4)5/h7,9,13-15,17H,6,8,10-12,16H2,1-5H3,(H2,34,35,37). The van der Waals surface area contributed by atoms with Crippen LogP contribution in [0.4, 0.5) is 32.4 Å². The average molecular weight is 603 g/mol. The Labute approximate surface area is 236 Å². The zero-order valence-electron chi connectivity index (χ0n) is 23.6. The van der Waals surface area contributed by atoms with Crippen LogP contribution in [0.1, 0.15) is 25.8 Å². The number of nitrogens with one attached hydrogen (secondary N) is 2. The van der Waals surface area contributed by atoms with Crippen molar-refractivity contribution in [3.63, 3.8) is 0 Å². The minimum atomic E-state index is -4.80. The Balaban J connectivity index is 1.79. The van der Waals surface area contributed by atoms with E-state index in [1.807, 2.05) is 13.8 Å². The molecule has 2 aromatic heterocycles. The van der Waals surface area contributed by atoms with Crippen molar-refractivity contribution >= 4 is 30.8 Å². The van der Waals surface area contributed by atoms with Crippen LogP contribution in [0.5, 0.6) is 11.5 Å². The summed E-state index contributed by atoms with van der Waals surface area (Å²) in [6.45, 7) is 11.1. The van der Waals surface area contributed by atoms with Gasteiger partial charge in [-0.05, 0) is 32.4 Å². The third-order valence-corrected chi connectivity index (χ3v) is 7.48. The number of urea groups is 1. The van der Waals surface area contributed by atoms with E-state index in [1.165, 1.54) is 10.8 Å². The van der Waals surface area contributed by atoms with Crippen LogP contribution in [0.2, 0.25) is 25.7 Å². The highest BCUT2D eigenvalue weighted by Crippen LogP contribution is 2.42. The number of halogens is 5. The first-order chi connectivity index (χ1) is 19.2. The lowest BCUT2D eigenvalue weighted by Crippen LogP contribution is -2.30. The van der Waals surface area contributed by atoms with Gasteiger partial charge in [-0.2, -0.15) is 13.2 Å². The van der Waals surface area contributed by atoms with Crippen molar-refractivity contribution in [2.75, 3.05) is 25.1 Å². The van der Waals surface area contributed by atoms with Crippen LogP contribution in [0, 0.1) is 11.6 Å². The molecule has 0 aliphatic heterocycles. The lowest BCUT2D eigenvalue weighted by molar-refractivity contribution is -0.136. The van der Waals surface area contributed by atoms with E-state index in [2.05, 4.69) is 35.3 Å². The third kappa shape index (κ3) is 9.40. The Kier molecular flexibility index (Phi) is 10.7. The molecule has 0 atom stereocenters. The number of anilines is 1. The molecule has 0 saturated heterocycles. The van der Waals surface area contributed by atoms with Gasteiger partial charge in [0.05, 0.1) is 17.1 Å². The predicted octanol–water partition coefficient (Wildman–Crippen LogP) is 7.37. The minimum Gasteiger partial charge on any atom is -0.450 e. The molecule has 3 aromatic rings. The predicted molar refractivity (Wildman–Crippen MR) is 148 cm³/mol. The van der Waals surface area contributed by atoms with Gasteiger partial charge in [-0.1, -0.05) is 19.6 Å². The molecule has 0 aliphatic rings. The first kappa shape index (κ1) is 32.3. The maximum atomic E-state index is 14.9. The molecule has 0 bridgehead atoms. The number of ether oxygens (including phenoxy) is 3. The summed E-state index contributed by atoms with van der Waals surface area (Å²) < 4.78 is 89.2. The van der Waals surface area contributed by atoms with E-state index in [0.717, 1.165) is 30.4 Å². The molecular formula is C27H35F5N4O4Si. The summed E-state index contributed by atoms with van der Waals surface area (Å²) in [5.74, 6) is -3.82. The highest BCUT2D eigenvalue weighted by molar-refractivity contribution is 6.76. The van der Waals surface area contributed by atoms with Gasteiger partial charge in [0.25, 0.3) is 0 Å². The normalized spacial score (nSPS) is 12.3. The van der Waals surface area contributed by atoms with E-state index in [-0.39, 0.29) is 30.7 Å². The molecule has 8 nitrogen and oxygen atoms in total. The fraction of sp³-hybridized carbons (Fsp3) is 0.481. The van der Waals surface area contributed by atoms with Gasteiger partial charge in [0, 0.05) is 58.0 Å². The summed E-state index contributed by atoms with van der Waals surface area (Å²) in [6, 6.07) is 2.83. The number of carbonyl (C=O) groups excluding carboxylic acids is 1. The maximum Gasteiger partial charge on any atom is 0.418 e. The number of fused-ring (bicyclic) bond motifs is 1. The number of amides is 2. The molecule has 2 N–H and O–H groups in total. The zero-order chi connectivity index (χ0) is 30.4. The second-order valence-electron chi connectivity index (χ2n) is 10.9. The highest BCUT2D eigenvalue weighted by Gasteiger charge is 2.37. The summed E-state index contributed by atoms with van der Waals surface area (Å²) in [5.41, 5.74) is -1.41. The van der Waals surface area contributed by atoms with E-state index in [1.54, 1.807) is 0 Å². The van der Waals surface area contributed by atoms with Gasteiger partial charge in [0.1, 0.15) is 18.1 Å². The molecule has 0 aliphatic carbocycles. The first-order valence-electron chi connectivity index (χ1n) is 13.1. The van der Waals surface area contributed by atoms with Crippen molar-refractivity contribution < 1.29 is 41.0 Å². The summed E-state index contributed by atoms with van der Waals surface area (Å²) in [4.78, 5) is 16.1. The Morgan fingerprint density at radius 3 is 2.41 bits per heavy atom. The van der Waals surface area contributed by atoms with E-state index < -0.39 is 54.4 Å². The monoisotopic (exact) mass is 602 g/mol. The van der Waals surface area contributed by atoms with Crippen LogP contribution in [-0.2, 0) is 22.4 Å². The second kappa shape index (κ2) is 13.6. The lowest BCUT2D eigenvalue weighted by atomic mass is 10.2. The van der Waals surface area contributed by atoms with Crippen molar-refractivity contribution in [2.24, 2.45) is 0 Å². The van der Waals surface area contributed by atoms with Gasteiger partial charge < -0.3 is 29.4 Å². The smallest absolute Gasteiger partial charge is 0.418 e. The van der Waals surface area contributed by atoms with E-state index in [9.17, 15) is 26.7 Å². The number of carbonyl (C=O) groups is 1. The van der Waals surface area contributed by atoms with Gasteiger partial charge in [-0.3, -0.25) is 0 Å². The number of hydrogen-bond donors (Lipinski definition) is 2. The molecule has 0 fully saturated rings. The Hall–Kier alpha value is -3.23. The highest BCUT2D eigenvalue weighted by atomic mass is 28.3. The number of nitrogens with zero attached hydrogens (tertiary/aromatic N) is 2. The van der Waals surface area contributed by atoms with Crippen molar-refractivity contribution in [2.45, 2.75) is 65.0 Å². The number of alkyl halides is 3. The molecule has 2 heterocycles.